The molecule has 0 saturated heterocycles. The van der Waals surface area contributed by atoms with Gasteiger partial charge in [0.1, 0.15) is 0 Å². The van der Waals surface area contributed by atoms with Gasteiger partial charge in [-0.25, -0.2) is 0 Å². The maximum Gasteiger partial charge on any atom is 0.0991 e. The summed E-state index contributed by atoms with van der Waals surface area (Å²) < 4.78 is 2.49. The number of benzene rings is 2. The van der Waals surface area contributed by atoms with Crippen molar-refractivity contribution >= 4 is 54.0 Å². The number of hydrogen-bond acceptors (Lipinski definition) is 4. The maximum absolute atomic E-state index is 9.38. The molecule has 1 aliphatic carbocycles. The Morgan fingerprint density at radius 2 is 1.17 bits per heavy atom. The SMILES string of the molecule is Cc1sc2ccc(C#N)cc2c1C1=C(c2c(C)sc3ccc(C#N)cc23)CCC1. The minimum absolute atomic E-state index is 0.715. The molecule has 29 heavy (non-hydrogen) atoms. The highest BCUT2D eigenvalue weighted by molar-refractivity contribution is 7.19. The van der Waals surface area contributed by atoms with E-state index in [-0.39, 0.29) is 0 Å². The lowest BCUT2D eigenvalue weighted by Crippen LogP contribution is -1.89. The second-order valence-corrected chi connectivity index (χ2v) is 10.0. The predicted molar refractivity (Wildman–Crippen MR) is 123 cm³/mol. The van der Waals surface area contributed by atoms with Crippen LogP contribution in [0.2, 0.25) is 0 Å². The highest BCUT2D eigenvalue weighted by atomic mass is 32.1. The molecule has 0 aliphatic heterocycles. The number of hydrogen-bond donors (Lipinski definition) is 0. The Morgan fingerprint density at radius 1 is 0.724 bits per heavy atom. The van der Waals surface area contributed by atoms with Gasteiger partial charge < -0.3 is 0 Å². The number of aryl methyl sites for hydroxylation is 2. The first-order valence-corrected chi connectivity index (χ1v) is 11.3. The van der Waals surface area contributed by atoms with Gasteiger partial charge in [0.2, 0.25) is 0 Å². The molecule has 4 heteroatoms. The first kappa shape index (κ1) is 18.1. The molecule has 2 aromatic carbocycles. The number of thiophene rings is 2. The van der Waals surface area contributed by atoms with Gasteiger partial charge in [-0.2, -0.15) is 10.5 Å². The fourth-order valence-electron chi connectivity index (χ4n) is 4.62. The molecule has 2 nitrogen and oxygen atoms in total. The molecule has 4 aromatic rings. The highest BCUT2D eigenvalue weighted by Crippen LogP contribution is 2.49. The Balaban J connectivity index is 1.81. The topological polar surface area (TPSA) is 47.6 Å². The molecule has 5 rings (SSSR count). The van der Waals surface area contributed by atoms with Gasteiger partial charge in [0, 0.05) is 29.9 Å². The molecule has 0 fully saturated rings. The molecule has 0 unspecified atom stereocenters. The standard InChI is InChI=1S/C25H18N2S2/c1-14-24(20-10-16(12-26)6-8-22(20)28-14)18-4-3-5-19(18)25-15(2)29-23-9-7-17(13-27)11-21(23)25/h6-11H,3-5H2,1-2H3. The lowest BCUT2D eigenvalue weighted by molar-refractivity contribution is 0.942. The van der Waals surface area contributed by atoms with Crippen LogP contribution in [0, 0.1) is 36.5 Å². The van der Waals surface area contributed by atoms with Crippen LogP contribution in [0.25, 0.3) is 31.3 Å². The zero-order valence-electron chi connectivity index (χ0n) is 16.3. The average molecular weight is 411 g/mol. The molecule has 0 amide bonds. The molecule has 0 bridgehead atoms. The summed E-state index contributed by atoms with van der Waals surface area (Å²) >= 11 is 3.63. The van der Waals surface area contributed by atoms with E-state index in [4.69, 9.17) is 0 Å². The molecule has 2 aromatic heterocycles. The van der Waals surface area contributed by atoms with Crippen LogP contribution in [0.5, 0.6) is 0 Å². The quantitative estimate of drug-likeness (QED) is 0.342. The Kier molecular flexibility index (Phi) is 4.28. The van der Waals surface area contributed by atoms with E-state index in [1.165, 1.54) is 52.2 Å². The number of nitrogens with zero attached hydrogens (tertiary/aromatic N) is 2. The fraction of sp³-hybridized carbons (Fsp3) is 0.200. The zero-order chi connectivity index (χ0) is 20.1. The third-order valence-electron chi connectivity index (χ3n) is 5.81. The average Bonchev–Trinajstić information content (AvgIpc) is 3.40. The van der Waals surface area contributed by atoms with Gasteiger partial charge >= 0.3 is 0 Å². The van der Waals surface area contributed by atoms with Crippen LogP contribution in [0.15, 0.2) is 36.4 Å². The van der Waals surface area contributed by atoms with E-state index in [0.717, 1.165) is 19.3 Å². The highest BCUT2D eigenvalue weighted by Gasteiger charge is 2.25. The zero-order valence-corrected chi connectivity index (χ0v) is 17.9. The largest absolute Gasteiger partial charge is 0.192 e. The van der Waals surface area contributed by atoms with Crippen LogP contribution in [-0.2, 0) is 0 Å². The first-order chi connectivity index (χ1) is 14.1. The summed E-state index contributed by atoms with van der Waals surface area (Å²) in [6.07, 6.45) is 3.27. The van der Waals surface area contributed by atoms with Gasteiger partial charge in [-0.05, 0) is 91.8 Å². The van der Waals surface area contributed by atoms with Crippen LogP contribution in [0.3, 0.4) is 0 Å². The molecule has 0 atom stereocenters. The molecule has 0 saturated carbocycles. The monoisotopic (exact) mass is 410 g/mol. The third kappa shape index (κ3) is 2.80. The molecule has 0 N–H and O–H groups in total. The van der Waals surface area contributed by atoms with Crippen molar-refractivity contribution < 1.29 is 0 Å². The molecular formula is C25H18N2S2. The maximum atomic E-state index is 9.38. The molecule has 0 spiro atoms. The molecule has 2 heterocycles. The lowest BCUT2D eigenvalue weighted by Gasteiger charge is -2.10. The van der Waals surface area contributed by atoms with E-state index in [1.54, 1.807) is 0 Å². The van der Waals surface area contributed by atoms with Gasteiger partial charge in [0.25, 0.3) is 0 Å². The molecular weight excluding hydrogens is 392 g/mol. The van der Waals surface area contributed by atoms with Gasteiger partial charge in [0.05, 0.1) is 23.3 Å². The van der Waals surface area contributed by atoms with Crippen LogP contribution in [0.4, 0.5) is 0 Å². The van der Waals surface area contributed by atoms with Crippen molar-refractivity contribution in [1.29, 1.82) is 10.5 Å². The minimum Gasteiger partial charge on any atom is -0.192 e. The number of fused-ring (bicyclic) bond motifs is 2. The Labute approximate surface area is 178 Å². The third-order valence-corrected chi connectivity index (χ3v) is 7.98. The van der Waals surface area contributed by atoms with Crippen molar-refractivity contribution in [3.05, 3.63) is 68.4 Å². The Bertz CT molecular complexity index is 1310. The Hall–Kier alpha value is -2.92. The van der Waals surface area contributed by atoms with Crippen LogP contribution < -0.4 is 0 Å². The van der Waals surface area contributed by atoms with Gasteiger partial charge in [0.15, 0.2) is 0 Å². The van der Waals surface area contributed by atoms with E-state index >= 15 is 0 Å². The van der Waals surface area contributed by atoms with Crippen molar-refractivity contribution in [3.63, 3.8) is 0 Å². The molecule has 1 aliphatic rings. The van der Waals surface area contributed by atoms with E-state index in [0.29, 0.717) is 11.1 Å². The molecule has 140 valence electrons. The summed E-state index contributed by atoms with van der Waals surface area (Å²) in [5, 5.41) is 21.2. The predicted octanol–water partition coefficient (Wildman–Crippen LogP) is 7.57. The summed E-state index contributed by atoms with van der Waals surface area (Å²) in [4.78, 5) is 2.64. The van der Waals surface area contributed by atoms with Gasteiger partial charge in [-0.3, -0.25) is 0 Å². The smallest absolute Gasteiger partial charge is 0.0991 e. The molecule has 0 radical (unpaired) electrons. The summed E-state index contributed by atoms with van der Waals surface area (Å²) in [7, 11) is 0. The van der Waals surface area contributed by atoms with Gasteiger partial charge in [-0.1, -0.05) is 0 Å². The van der Waals surface area contributed by atoms with Crippen molar-refractivity contribution in [1.82, 2.24) is 0 Å². The second kappa shape index (κ2) is 6.85. The van der Waals surface area contributed by atoms with Crippen LogP contribution in [-0.4, -0.2) is 0 Å². The summed E-state index contributed by atoms with van der Waals surface area (Å²) in [6.45, 7) is 4.39. The van der Waals surface area contributed by atoms with Crippen molar-refractivity contribution in [2.45, 2.75) is 33.1 Å². The normalized spacial score (nSPS) is 13.9. The summed E-state index contributed by atoms with van der Waals surface area (Å²) in [5.74, 6) is 0. The van der Waals surface area contributed by atoms with Crippen LogP contribution in [0.1, 0.15) is 51.3 Å². The Morgan fingerprint density at radius 3 is 1.59 bits per heavy atom. The van der Waals surface area contributed by atoms with Crippen molar-refractivity contribution in [3.8, 4) is 12.1 Å². The fourth-order valence-corrected chi connectivity index (χ4v) is 6.77. The van der Waals surface area contributed by atoms with E-state index < -0.39 is 0 Å². The number of allylic oxidation sites excluding steroid dienone is 2. The van der Waals surface area contributed by atoms with Gasteiger partial charge in [-0.15, -0.1) is 22.7 Å². The van der Waals surface area contributed by atoms with E-state index in [2.05, 4.69) is 38.1 Å². The summed E-state index contributed by atoms with van der Waals surface area (Å²) in [6, 6.07) is 16.6. The van der Waals surface area contributed by atoms with Crippen molar-refractivity contribution in [2.75, 3.05) is 0 Å². The van der Waals surface area contributed by atoms with Crippen molar-refractivity contribution in [2.24, 2.45) is 0 Å². The summed E-state index contributed by atoms with van der Waals surface area (Å²) in [5.41, 5.74) is 6.93. The lowest BCUT2D eigenvalue weighted by atomic mass is 9.93. The number of rotatable bonds is 2. The van der Waals surface area contributed by atoms with E-state index in [9.17, 15) is 10.5 Å². The van der Waals surface area contributed by atoms with E-state index in [1.807, 2.05) is 46.9 Å². The second-order valence-electron chi connectivity index (χ2n) is 7.52. The van der Waals surface area contributed by atoms with Crippen LogP contribution >= 0.6 is 22.7 Å². The first-order valence-electron chi connectivity index (χ1n) is 9.70. The minimum atomic E-state index is 0.715. The number of nitriles is 2.